The van der Waals surface area contributed by atoms with Crippen molar-refractivity contribution in [2.45, 2.75) is 11.8 Å². The molecule has 0 bridgehead atoms. The standard InChI is InChI=1S/C22H21IN2O4S/c1-3-25(18-7-5-4-6-8-18)30(27,28)19-12-10-17(11-13-19)24-22(26)16-9-14-21(29-2)20(23)15-16/h4-15H,3H2,1-2H3,(H,24,26). The number of benzene rings is 3. The first kappa shape index (κ1) is 22.1. The van der Waals surface area contributed by atoms with E-state index in [0.717, 1.165) is 3.57 Å². The average Bonchev–Trinajstić information content (AvgIpc) is 2.75. The largest absolute Gasteiger partial charge is 0.496 e. The third kappa shape index (κ3) is 4.76. The van der Waals surface area contributed by atoms with Crippen LogP contribution in [0.15, 0.2) is 77.7 Å². The average molecular weight is 536 g/mol. The van der Waals surface area contributed by atoms with Gasteiger partial charge in [-0.1, -0.05) is 18.2 Å². The number of anilines is 2. The van der Waals surface area contributed by atoms with E-state index in [2.05, 4.69) is 27.9 Å². The number of para-hydroxylation sites is 1. The van der Waals surface area contributed by atoms with E-state index in [4.69, 9.17) is 4.74 Å². The van der Waals surface area contributed by atoms with Crippen molar-refractivity contribution in [3.05, 3.63) is 81.9 Å². The third-order valence-corrected chi connectivity index (χ3v) is 7.21. The van der Waals surface area contributed by atoms with Gasteiger partial charge in [0, 0.05) is 17.8 Å². The van der Waals surface area contributed by atoms with Crippen molar-refractivity contribution in [2.24, 2.45) is 0 Å². The number of methoxy groups -OCH3 is 1. The Morgan fingerprint density at radius 1 is 1.03 bits per heavy atom. The second kappa shape index (κ2) is 9.48. The molecule has 3 rings (SSSR count). The normalized spacial score (nSPS) is 11.0. The molecule has 3 aromatic carbocycles. The number of amides is 1. The van der Waals surface area contributed by atoms with Gasteiger partial charge in [-0.2, -0.15) is 0 Å². The predicted molar refractivity (Wildman–Crippen MR) is 127 cm³/mol. The van der Waals surface area contributed by atoms with Crippen LogP contribution in [0.2, 0.25) is 0 Å². The van der Waals surface area contributed by atoms with Crippen molar-refractivity contribution in [2.75, 3.05) is 23.3 Å². The van der Waals surface area contributed by atoms with Gasteiger partial charge in [-0.05, 0) is 84.1 Å². The van der Waals surface area contributed by atoms with Crippen LogP contribution in [-0.4, -0.2) is 28.0 Å². The molecule has 0 aliphatic heterocycles. The molecule has 3 aromatic rings. The highest BCUT2D eigenvalue weighted by atomic mass is 127. The zero-order chi connectivity index (χ0) is 21.7. The van der Waals surface area contributed by atoms with Crippen molar-refractivity contribution in [3.63, 3.8) is 0 Å². The van der Waals surface area contributed by atoms with E-state index in [1.165, 1.54) is 16.4 Å². The number of halogens is 1. The Morgan fingerprint density at radius 2 is 1.70 bits per heavy atom. The van der Waals surface area contributed by atoms with Crippen LogP contribution in [0, 0.1) is 3.57 Å². The summed E-state index contributed by atoms with van der Waals surface area (Å²) < 4.78 is 33.5. The van der Waals surface area contributed by atoms with Crippen molar-refractivity contribution in [1.82, 2.24) is 0 Å². The maximum atomic E-state index is 13.0. The van der Waals surface area contributed by atoms with Gasteiger partial charge < -0.3 is 10.1 Å². The van der Waals surface area contributed by atoms with Gasteiger partial charge in [-0.15, -0.1) is 0 Å². The maximum absolute atomic E-state index is 13.0. The zero-order valence-corrected chi connectivity index (χ0v) is 19.5. The fourth-order valence-electron chi connectivity index (χ4n) is 2.93. The van der Waals surface area contributed by atoms with Gasteiger partial charge in [0.1, 0.15) is 5.75 Å². The number of nitrogens with one attached hydrogen (secondary N) is 1. The molecule has 0 aliphatic rings. The Balaban J connectivity index is 1.79. The smallest absolute Gasteiger partial charge is 0.264 e. The Hall–Kier alpha value is -2.59. The van der Waals surface area contributed by atoms with Gasteiger partial charge in [-0.25, -0.2) is 8.42 Å². The van der Waals surface area contributed by atoms with E-state index in [-0.39, 0.29) is 10.8 Å². The molecule has 0 fully saturated rings. The number of ether oxygens (including phenoxy) is 1. The Labute approximate surface area is 190 Å². The Bertz CT molecular complexity index is 1130. The van der Waals surface area contributed by atoms with Crippen molar-refractivity contribution < 1.29 is 17.9 Å². The van der Waals surface area contributed by atoms with E-state index in [1.54, 1.807) is 68.6 Å². The second-order valence-electron chi connectivity index (χ2n) is 6.33. The lowest BCUT2D eigenvalue weighted by molar-refractivity contribution is 0.102. The second-order valence-corrected chi connectivity index (χ2v) is 9.36. The molecule has 0 saturated carbocycles. The van der Waals surface area contributed by atoms with Gasteiger partial charge >= 0.3 is 0 Å². The third-order valence-electron chi connectivity index (χ3n) is 4.45. The summed E-state index contributed by atoms with van der Waals surface area (Å²) in [6.07, 6.45) is 0. The summed E-state index contributed by atoms with van der Waals surface area (Å²) in [5, 5.41) is 2.78. The molecule has 1 N–H and O–H groups in total. The topological polar surface area (TPSA) is 75.7 Å². The van der Waals surface area contributed by atoms with Crippen LogP contribution in [0.3, 0.4) is 0 Å². The first-order valence-electron chi connectivity index (χ1n) is 9.19. The van der Waals surface area contributed by atoms with Crippen LogP contribution in [-0.2, 0) is 10.0 Å². The molecular weight excluding hydrogens is 515 g/mol. The number of hydrogen-bond acceptors (Lipinski definition) is 4. The monoisotopic (exact) mass is 536 g/mol. The highest BCUT2D eigenvalue weighted by Gasteiger charge is 2.23. The quantitative estimate of drug-likeness (QED) is 0.442. The molecule has 30 heavy (non-hydrogen) atoms. The van der Waals surface area contributed by atoms with Crippen molar-refractivity contribution in [1.29, 1.82) is 0 Å². The molecule has 156 valence electrons. The SMILES string of the molecule is CCN(c1ccccc1)S(=O)(=O)c1ccc(NC(=O)c2ccc(OC)c(I)c2)cc1. The zero-order valence-electron chi connectivity index (χ0n) is 16.5. The summed E-state index contributed by atoms with van der Waals surface area (Å²) in [5.74, 6) is 0.409. The van der Waals surface area contributed by atoms with Crippen LogP contribution in [0.1, 0.15) is 17.3 Å². The van der Waals surface area contributed by atoms with Gasteiger partial charge in [0.05, 0.1) is 21.3 Å². The van der Waals surface area contributed by atoms with E-state index < -0.39 is 10.0 Å². The van der Waals surface area contributed by atoms with Crippen LogP contribution >= 0.6 is 22.6 Å². The van der Waals surface area contributed by atoms with E-state index in [0.29, 0.717) is 29.2 Å². The highest BCUT2D eigenvalue weighted by Crippen LogP contribution is 2.25. The van der Waals surface area contributed by atoms with Crippen molar-refractivity contribution in [3.8, 4) is 5.75 Å². The lowest BCUT2D eigenvalue weighted by atomic mass is 10.2. The molecule has 0 aromatic heterocycles. The lowest BCUT2D eigenvalue weighted by Gasteiger charge is -2.23. The fraction of sp³-hybridized carbons (Fsp3) is 0.136. The first-order chi connectivity index (χ1) is 14.4. The van der Waals surface area contributed by atoms with Gasteiger partial charge in [-0.3, -0.25) is 9.10 Å². The number of carbonyl (C=O) groups is 1. The maximum Gasteiger partial charge on any atom is 0.264 e. The molecule has 6 nitrogen and oxygen atoms in total. The minimum Gasteiger partial charge on any atom is -0.496 e. The molecule has 0 heterocycles. The molecule has 8 heteroatoms. The van der Waals surface area contributed by atoms with E-state index in [1.807, 2.05) is 6.07 Å². The molecule has 1 amide bonds. The first-order valence-corrected chi connectivity index (χ1v) is 11.7. The minimum absolute atomic E-state index is 0.158. The van der Waals surface area contributed by atoms with Crippen LogP contribution in [0.4, 0.5) is 11.4 Å². The number of sulfonamides is 1. The highest BCUT2D eigenvalue weighted by molar-refractivity contribution is 14.1. The summed E-state index contributed by atoms with van der Waals surface area (Å²) in [4.78, 5) is 12.7. The fourth-order valence-corrected chi connectivity index (χ4v) is 5.14. The summed E-state index contributed by atoms with van der Waals surface area (Å²) in [6, 6.07) is 20.2. The molecule has 0 saturated heterocycles. The Morgan fingerprint density at radius 3 is 2.27 bits per heavy atom. The summed E-state index contributed by atoms with van der Waals surface area (Å²) in [6.45, 7) is 2.09. The molecule has 0 atom stereocenters. The van der Waals surface area contributed by atoms with Crippen LogP contribution in [0.5, 0.6) is 5.75 Å². The van der Waals surface area contributed by atoms with Crippen molar-refractivity contribution >= 4 is 49.9 Å². The molecule has 0 radical (unpaired) electrons. The van der Waals surface area contributed by atoms with E-state index >= 15 is 0 Å². The number of hydrogen-bond donors (Lipinski definition) is 1. The van der Waals surface area contributed by atoms with Gasteiger partial charge in [0.2, 0.25) is 0 Å². The van der Waals surface area contributed by atoms with Gasteiger partial charge in [0.25, 0.3) is 15.9 Å². The van der Waals surface area contributed by atoms with Gasteiger partial charge in [0.15, 0.2) is 0 Å². The molecule has 0 unspecified atom stereocenters. The summed E-state index contributed by atoms with van der Waals surface area (Å²) in [7, 11) is -2.14. The van der Waals surface area contributed by atoms with Crippen LogP contribution < -0.4 is 14.4 Å². The molecular formula is C22H21IN2O4S. The predicted octanol–water partition coefficient (Wildman–Crippen LogP) is 4.77. The van der Waals surface area contributed by atoms with Crippen LogP contribution in [0.25, 0.3) is 0 Å². The molecule has 0 aliphatic carbocycles. The number of carbonyl (C=O) groups excluding carboxylic acids is 1. The number of rotatable bonds is 7. The summed E-state index contributed by atoms with van der Waals surface area (Å²) >= 11 is 2.10. The Kier molecular flexibility index (Phi) is 6.99. The summed E-state index contributed by atoms with van der Waals surface area (Å²) in [5.41, 5.74) is 1.59. The lowest BCUT2D eigenvalue weighted by Crippen LogP contribution is -2.30. The van der Waals surface area contributed by atoms with E-state index in [9.17, 15) is 13.2 Å². The molecule has 0 spiro atoms. The minimum atomic E-state index is -3.71. The number of nitrogens with zero attached hydrogens (tertiary/aromatic N) is 1.